The van der Waals surface area contributed by atoms with Gasteiger partial charge in [0.15, 0.2) is 0 Å². The number of carbonyl (C=O) groups is 2. The number of nitrogens with two attached hydrogens (primary N) is 1. The number of guanidine groups is 1. The van der Waals surface area contributed by atoms with E-state index in [0.717, 1.165) is 10.5 Å². The van der Waals surface area contributed by atoms with E-state index in [1.807, 2.05) is 0 Å². The zero-order valence-corrected chi connectivity index (χ0v) is 14.5. The van der Waals surface area contributed by atoms with Gasteiger partial charge in [-0.05, 0) is 12.1 Å². The predicted molar refractivity (Wildman–Crippen MR) is 89.9 cm³/mol. The van der Waals surface area contributed by atoms with Crippen LogP contribution < -0.4 is 11.3 Å². The molecule has 2 aliphatic rings. The van der Waals surface area contributed by atoms with Gasteiger partial charge in [-0.25, -0.2) is 14.8 Å². The van der Waals surface area contributed by atoms with Crippen molar-refractivity contribution in [3.63, 3.8) is 0 Å². The van der Waals surface area contributed by atoms with E-state index in [-0.39, 0.29) is 18.4 Å². The topological polar surface area (TPSA) is 94.0 Å². The Morgan fingerprint density at radius 2 is 2.00 bits per heavy atom. The molecule has 0 aliphatic carbocycles. The van der Waals surface area contributed by atoms with Gasteiger partial charge < -0.3 is 0 Å². The number of nitrogens with one attached hydrogen (secondary N) is 1. The standard InChI is InChI=1S/C14H14Cl2N6O2/c1-20-11-10(12(23)21(2)14(20)24)22(13(18-11)19-17)6-7-3-4-8(15)5-9(7)16/h3-5,10H,6,17H2,1-2H3/p+1. The van der Waals surface area contributed by atoms with Gasteiger partial charge in [0.05, 0.1) is 6.54 Å². The molecule has 0 saturated carbocycles. The lowest BCUT2D eigenvalue weighted by atomic mass is 10.1. The summed E-state index contributed by atoms with van der Waals surface area (Å²) in [4.78, 5) is 31.3. The van der Waals surface area contributed by atoms with Gasteiger partial charge in [-0.1, -0.05) is 34.3 Å². The summed E-state index contributed by atoms with van der Waals surface area (Å²) >= 11 is 12.1. The van der Waals surface area contributed by atoms with E-state index in [9.17, 15) is 9.59 Å². The molecule has 1 aromatic carbocycles. The highest BCUT2D eigenvalue weighted by molar-refractivity contribution is 6.35. The monoisotopic (exact) mass is 369 g/mol. The van der Waals surface area contributed by atoms with E-state index in [4.69, 9.17) is 29.0 Å². The van der Waals surface area contributed by atoms with E-state index >= 15 is 0 Å². The molecule has 1 unspecified atom stereocenters. The highest BCUT2D eigenvalue weighted by Crippen LogP contribution is 2.25. The number of fused-ring (bicyclic) bond motifs is 1. The quantitative estimate of drug-likeness (QED) is 0.454. The maximum absolute atomic E-state index is 12.6. The molecule has 3 N–H and O–H groups in total. The Morgan fingerprint density at radius 3 is 2.62 bits per heavy atom. The maximum atomic E-state index is 12.6. The second kappa shape index (κ2) is 6.04. The zero-order chi connectivity index (χ0) is 17.6. The van der Waals surface area contributed by atoms with E-state index in [1.165, 1.54) is 11.9 Å². The molecule has 0 spiro atoms. The lowest BCUT2D eigenvalue weighted by Gasteiger charge is -2.31. The average molecular weight is 370 g/mol. The van der Waals surface area contributed by atoms with Crippen LogP contribution in [0.2, 0.25) is 10.0 Å². The minimum atomic E-state index is -0.754. The number of nitrogens with zero attached hydrogens (tertiary/aromatic N) is 4. The van der Waals surface area contributed by atoms with Crippen LogP contribution in [0.3, 0.4) is 0 Å². The number of amidine groups is 1. The van der Waals surface area contributed by atoms with E-state index in [0.29, 0.717) is 15.9 Å². The van der Waals surface area contributed by atoms with Crippen LogP contribution in [0.4, 0.5) is 4.79 Å². The van der Waals surface area contributed by atoms with E-state index < -0.39 is 12.1 Å². The zero-order valence-electron chi connectivity index (χ0n) is 13.0. The molecule has 1 fully saturated rings. The number of hydrogen-bond donors (Lipinski definition) is 2. The second-order valence-electron chi connectivity index (χ2n) is 5.44. The summed E-state index contributed by atoms with van der Waals surface area (Å²) in [7, 11) is 2.99. The minimum Gasteiger partial charge on any atom is -0.270 e. The van der Waals surface area contributed by atoms with Gasteiger partial charge in [-0.15, -0.1) is 0 Å². The number of benzene rings is 1. The number of halogens is 2. The normalized spacial score (nSPS) is 20.5. The lowest BCUT2D eigenvalue weighted by molar-refractivity contribution is -0.553. The van der Waals surface area contributed by atoms with Gasteiger partial charge in [0.25, 0.3) is 5.91 Å². The Hall–Kier alpha value is -2.16. The van der Waals surface area contributed by atoms with Crippen molar-refractivity contribution >= 4 is 46.9 Å². The van der Waals surface area contributed by atoms with Crippen LogP contribution in [0, 0.1) is 0 Å². The Morgan fingerprint density at radius 1 is 1.29 bits per heavy atom. The third-order valence-electron chi connectivity index (χ3n) is 4.02. The first-order valence-corrected chi connectivity index (χ1v) is 7.78. The molecule has 3 rings (SSSR count). The first-order chi connectivity index (χ1) is 11.3. The third-order valence-corrected chi connectivity index (χ3v) is 4.60. The molecular formula is C14H15Cl2N6O2+. The first kappa shape index (κ1) is 16.7. The van der Waals surface area contributed by atoms with Crippen LogP contribution in [0.1, 0.15) is 5.56 Å². The van der Waals surface area contributed by atoms with Crippen molar-refractivity contribution in [2.75, 3.05) is 14.1 Å². The van der Waals surface area contributed by atoms with Crippen molar-refractivity contribution in [1.82, 2.24) is 15.2 Å². The van der Waals surface area contributed by atoms with Gasteiger partial charge in [0, 0.05) is 29.7 Å². The number of rotatable bonds is 2. The minimum absolute atomic E-state index is 0.273. The van der Waals surface area contributed by atoms with Crippen LogP contribution in [0.5, 0.6) is 0 Å². The fourth-order valence-electron chi connectivity index (χ4n) is 2.71. The molecule has 2 aliphatic heterocycles. The molecular weight excluding hydrogens is 355 g/mol. The number of likely N-dealkylation sites (N-methyl/N-ethyl adjacent to an activating group) is 2. The van der Waals surface area contributed by atoms with Crippen LogP contribution in [0.15, 0.2) is 23.2 Å². The maximum Gasteiger partial charge on any atom is 0.407 e. The number of aliphatic imine (C=N–C) groups is 1. The number of hydrogen-bond acceptors (Lipinski definition) is 5. The SMILES string of the molecule is CN1C(=O)C2C(=NC(NN)=[N+]2Cc2ccc(Cl)cc2Cl)N(C)C1=O. The van der Waals surface area contributed by atoms with Crippen molar-refractivity contribution in [3.05, 3.63) is 33.8 Å². The predicted octanol–water partition coefficient (Wildman–Crippen LogP) is 0.630. The number of imide groups is 1. The van der Waals surface area contributed by atoms with E-state index in [2.05, 4.69) is 10.4 Å². The van der Waals surface area contributed by atoms with Gasteiger partial charge in [-0.3, -0.25) is 14.6 Å². The molecule has 0 bridgehead atoms. The van der Waals surface area contributed by atoms with Gasteiger partial charge in [0.2, 0.25) is 11.9 Å². The summed E-state index contributed by atoms with van der Waals surface area (Å²) in [6, 6.07) is 3.90. The summed E-state index contributed by atoms with van der Waals surface area (Å²) < 4.78 is 1.66. The molecule has 24 heavy (non-hydrogen) atoms. The van der Waals surface area contributed by atoms with Crippen molar-refractivity contribution in [2.45, 2.75) is 12.6 Å². The number of amides is 3. The lowest BCUT2D eigenvalue weighted by Crippen LogP contribution is -2.61. The van der Waals surface area contributed by atoms with Gasteiger partial charge >= 0.3 is 12.0 Å². The number of urea groups is 1. The van der Waals surface area contributed by atoms with Crippen LogP contribution in [-0.2, 0) is 11.3 Å². The molecule has 1 atom stereocenters. The van der Waals surface area contributed by atoms with Gasteiger partial charge in [-0.2, -0.15) is 5.84 Å². The fourth-order valence-corrected chi connectivity index (χ4v) is 3.18. The van der Waals surface area contributed by atoms with Gasteiger partial charge in [0.1, 0.15) is 0 Å². The second-order valence-corrected chi connectivity index (χ2v) is 6.29. The Bertz CT molecular complexity index is 806. The summed E-state index contributed by atoms with van der Waals surface area (Å²) in [5.74, 6) is 5.76. The Balaban J connectivity index is 2.01. The average Bonchev–Trinajstić information content (AvgIpc) is 2.92. The molecule has 1 aromatic rings. The van der Waals surface area contributed by atoms with E-state index in [1.54, 1.807) is 29.8 Å². The smallest absolute Gasteiger partial charge is 0.270 e. The summed E-state index contributed by atoms with van der Waals surface area (Å²) in [5.41, 5.74) is 3.22. The highest BCUT2D eigenvalue weighted by Gasteiger charge is 2.51. The summed E-state index contributed by atoms with van der Waals surface area (Å²) in [6.07, 6.45) is 0. The molecule has 3 amide bonds. The van der Waals surface area contributed by atoms with Crippen LogP contribution in [-0.4, -0.2) is 58.2 Å². The van der Waals surface area contributed by atoms with Crippen LogP contribution in [0.25, 0.3) is 0 Å². The van der Waals surface area contributed by atoms with Crippen molar-refractivity contribution in [1.29, 1.82) is 0 Å². The fraction of sp³-hybridized carbons (Fsp3) is 0.286. The Labute approximate surface area is 148 Å². The van der Waals surface area contributed by atoms with Crippen molar-refractivity contribution in [3.8, 4) is 0 Å². The van der Waals surface area contributed by atoms with Crippen molar-refractivity contribution < 1.29 is 14.2 Å². The van der Waals surface area contributed by atoms with Crippen molar-refractivity contribution in [2.24, 2.45) is 10.8 Å². The van der Waals surface area contributed by atoms with Crippen LogP contribution >= 0.6 is 23.2 Å². The number of hydrazine groups is 1. The molecule has 2 heterocycles. The molecule has 10 heteroatoms. The molecule has 1 saturated heterocycles. The summed E-state index contributed by atoms with van der Waals surface area (Å²) in [5, 5.41) is 0.982. The molecule has 0 aromatic heterocycles. The molecule has 126 valence electrons. The number of carbonyl (C=O) groups excluding carboxylic acids is 2. The molecule has 8 nitrogen and oxygen atoms in total. The largest absolute Gasteiger partial charge is 0.407 e. The first-order valence-electron chi connectivity index (χ1n) is 7.03. The third kappa shape index (κ3) is 2.52. The summed E-state index contributed by atoms with van der Waals surface area (Å²) in [6.45, 7) is 0.273. The molecule has 0 radical (unpaired) electrons. The highest BCUT2D eigenvalue weighted by atomic mass is 35.5. The Kier molecular flexibility index (Phi) is 4.20.